The Labute approximate surface area is 119 Å². The molecule has 6 heteroatoms. The molecule has 0 radical (unpaired) electrons. The Morgan fingerprint density at radius 3 is 2.80 bits per heavy atom. The van der Waals surface area contributed by atoms with E-state index in [4.69, 9.17) is 9.84 Å². The van der Waals surface area contributed by atoms with E-state index in [1.165, 1.54) is 6.42 Å². The molecule has 2 N–H and O–H groups in total. The Morgan fingerprint density at radius 2 is 2.15 bits per heavy atom. The smallest absolute Gasteiger partial charge is 0.334 e. The van der Waals surface area contributed by atoms with E-state index in [0.717, 1.165) is 19.3 Å². The first-order chi connectivity index (χ1) is 9.37. The second-order valence-corrected chi connectivity index (χ2v) is 6.55. The zero-order chi connectivity index (χ0) is 14.8. The van der Waals surface area contributed by atoms with Gasteiger partial charge in [0.25, 0.3) is 0 Å². The van der Waals surface area contributed by atoms with Gasteiger partial charge in [0.1, 0.15) is 0 Å². The van der Waals surface area contributed by atoms with Crippen LogP contribution in [0.5, 0.6) is 0 Å². The van der Waals surface area contributed by atoms with Gasteiger partial charge in [-0.15, -0.1) is 0 Å². The first-order valence-corrected chi connectivity index (χ1v) is 7.27. The average molecular weight is 284 g/mol. The van der Waals surface area contributed by atoms with Gasteiger partial charge in [0.15, 0.2) is 6.10 Å². The first kappa shape index (κ1) is 15.1. The molecule has 0 aromatic carbocycles. The van der Waals surface area contributed by atoms with Crippen LogP contribution in [0.15, 0.2) is 0 Å². The Kier molecular flexibility index (Phi) is 4.52. The molecule has 1 heterocycles. The molecule has 2 unspecified atom stereocenters. The molecule has 20 heavy (non-hydrogen) atoms. The first-order valence-electron chi connectivity index (χ1n) is 7.27. The van der Waals surface area contributed by atoms with Gasteiger partial charge in [-0.25, -0.2) is 9.59 Å². The lowest BCUT2D eigenvalue weighted by Crippen LogP contribution is -2.54. The summed E-state index contributed by atoms with van der Waals surface area (Å²) in [6.45, 7) is 5.30. The Balaban J connectivity index is 1.86. The molecule has 0 bridgehead atoms. The van der Waals surface area contributed by atoms with Crippen molar-refractivity contribution in [3.63, 3.8) is 0 Å². The van der Waals surface area contributed by atoms with Crippen LogP contribution < -0.4 is 5.32 Å². The zero-order valence-corrected chi connectivity index (χ0v) is 12.2. The second kappa shape index (κ2) is 5.99. The van der Waals surface area contributed by atoms with Gasteiger partial charge in [-0.05, 0) is 24.7 Å². The number of amides is 2. The molecule has 1 aliphatic carbocycles. The van der Waals surface area contributed by atoms with Crippen LogP contribution in [0, 0.1) is 5.41 Å². The summed E-state index contributed by atoms with van der Waals surface area (Å²) in [5.74, 6) is -1.01. The summed E-state index contributed by atoms with van der Waals surface area (Å²) in [7, 11) is 0. The highest BCUT2D eigenvalue weighted by Crippen LogP contribution is 2.35. The number of urea groups is 1. The van der Waals surface area contributed by atoms with Crippen LogP contribution in [0.2, 0.25) is 0 Å². The fourth-order valence-electron chi connectivity index (χ4n) is 3.07. The number of rotatable bonds is 2. The second-order valence-electron chi connectivity index (χ2n) is 6.55. The molecule has 0 aromatic rings. The summed E-state index contributed by atoms with van der Waals surface area (Å²) < 4.78 is 5.12. The quantitative estimate of drug-likeness (QED) is 0.804. The number of aliphatic carboxylic acids is 1. The van der Waals surface area contributed by atoms with Crippen LogP contribution in [-0.4, -0.2) is 53.8 Å². The lowest BCUT2D eigenvalue weighted by atomic mass is 9.75. The van der Waals surface area contributed by atoms with E-state index >= 15 is 0 Å². The van der Waals surface area contributed by atoms with E-state index in [0.29, 0.717) is 6.54 Å². The minimum absolute atomic E-state index is 0.122. The number of carbonyl (C=O) groups excluding carboxylic acids is 1. The third-order valence-corrected chi connectivity index (χ3v) is 4.16. The van der Waals surface area contributed by atoms with Gasteiger partial charge >= 0.3 is 12.0 Å². The van der Waals surface area contributed by atoms with Crippen molar-refractivity contribution in [2.75, 3.05) is 19.7 Å². The third kappa shape index (κ3) is 3.85. The molecule has 0 aromatic heterocycles. The van der Waals surface area contributed by atoms with Crippen molar-refractivity contribution in [1.82, 2.24) is 10.2 Å². The minimum atomic E-state index is -1.01. The van der Waals surface area contributed by atoms with Gasteiger partial charge in [0.2, 0.25) is 0 Å². The van der Waals surface area contributed by atoms with Crippen LogP contribution in [0.4, 0.5) is 4.79 Å². The number of nitrogens with zero attached hydrogens (tertiary/aromatic N) is 1. The molecule has 2 fully saturated rings. The highest BCUT2D eigenvalue weighted by molar-refractivity contribution is 5.77. The maximum atomic E-state index is 12.2. The molecule has 2 amide bonds. The number of carbonyl (C=O) groups is 2. The number of nitrogens with one attached hydrogen (secondary N) is 1. The SMILES string of the molecule is CC1(C)CCCC(NC(=O)N2CCOC(C(=O)O)C2)C1. The molecule has 0 spiro atoms. The molecule has 114 valence electrons. The van der Waals surface area contributed by atoms with Gasteiger partial charge in [-0.2, -0.15) is 0 Å². The lowest BCUT2D eigenvalue weighted by Gasteiger charge is -2.37. The number of hydrogen-bond acceptors (Lipinski definition) is 3. The molecule has 1 saturated carbocycles. The van der Waals surface area contributed by atoms with Crippen molar-refractivity contribution in [3.8, 4) is 0 Å². The number of carboxylic acid groups (broad SMARTS) is 1. The highest BCUT2D eigenvalue weighted by Gasteiger charge is 2.32. The van der Waals surface area contributed by atoms with E-state index in [-0.39, 0.29) is 30.6 Å². The fraction of sp³-hybridized carbons (Fsp3) is 0.857. The number of ether oxygens (including phenoxy) is 1. The Morgan fingerprint density at radius 1 is 1.40 bits per heavy atom. The summed E-state index contributed by atoms with van der Waals surface area (Å²) in [6, 6.07) is 0.0274. The van der Waals surface area contributed by atoms with Gasteiger partial charge in [0, 0.05) is 12.6 Å². The monoisotopic (exact) mass is 284 g/mol. The van der Waals surface area contributed by atoms with Crippen molar-refractivity contribution in [2.45, 2.75) is 51.7 Å². The normalized spacial score (nSPS) is 29.8. The van der Waals surface area contributed by atoms with Crippen LogP contribution in [0.3, 0.4) is 0 Å². The zero-order valence-electron chi connectivity index (χ0n) is 12.2. The van der Waals surface area contributed by atoms with Crippen molar-refractivity contribution < 1.29 is 19.4 Å². The summed E-state index contributed by atoms with van der Waals surface area (Å²) in [5.41, 5.74) is 0.269. The molecule has 1 saturated heterocycles. The number of carboxylic acids is 1. The lowest BCUT2D eigenvalue weighted by molar-refractivity contribution is -0.154. The van der Waals surface area contributed by atoms with Gasteiger partial charge in [-0.1, -0.05) is 20.3 Å². The number of hydrogen-bond donors (Lipinski definition) is 2. The Bertz CT molecular complexity index is 383. The van der Waals surface area contributed by atoms with Gasteiger partial charge < -0.3 is 20.1 Å². The van der Waals surface area contributed by atoms with E-state index < -0.39 is 12.1 Å². The fourth-order valence-corrected chi connectivity index (χ4v) is 3.07. The summed E-state index contributed by atoms with van der Waals surface area (Å²) in [6.07, 6.45) is 3.39. The summed E-state index contributed by atoms with van der Waals surface area (Å²) in [5, 5.41) is 12.0. The van der Waals surface area contributed by atoms with Crippen LogP contribution in [0.1, 0.15) is 39.5 Å². The predicted molar refractivity (Wildman–Crippen MR) is 73.5 cm³/mol. The molecule has 1 aliphatic heterocycles. The van der Waals surface area contributed by atoms with E-state index in [1.807, 2.05) is 0 Å². The largest absolute Gasteiger partial charge is 0.479 e. The van der Waals surface area contributed by atoms with Crippen molar-refractivity contribution in [2.24, 2.45) is 5.41 Å². The van der Waals surface area contributed by atoms with Crippen molar-refractivity contribution in [1.29, 1.82) is 0 Å². The highest BCUT2D eigenvalue weighted by atomic mass is 16.5. The average Bonchev–Trinajstić information content (AvgIpc) is 2.37. The standard InChI is InChI=1S/C14H24N2O4/c1-14(2)5-3-4-10(8-14)15-13(19)16-6-7-20-11(9-16)12(17)18/h10-11H,3-9H2,1-2H3,(H,15,19)(H,17,18). The topological polar surface area (TPSA) is 78.9 Å². The van der Waals surface area contributed by atoms with E-state index in [1.54, 1.807) is 4.90 Å². The van der Waals surface area contributed by atoms with Gasteiger partial charge in [-0.3, -0.25) is 0 Å². The van der Waals surface area contributed by atoms with Gasteiger partial charge in [0.05, 0.1) is 13.2 Å². The third-order valence-electron chi connectivity index (χ3n) is 4.16. The van der Waals surface area contributed by atoms with Crippen LogP contribution >= 0.6 is 0 Å². The predicted octanol–water partition coefficient (Wildman–Crippen LogP) is 1.45. The minimum Gasteiger partial charge on any atom is -0.479 e. The maximum absolute atomic E-state index is 12.2. The molecule has 2 atom stereocenters. The number of morpholine rings is 1. The van der Waals surface area contributed by atoms with Crippen LogP contribution in [-0.2, 0) is 9.53 Å². The Hall–Kier alpha value is -1.30. The molecule has 2 aliphatic rings. The van der Waals surface area contributed by atoms with E-state index in [9.17, 15) is 9.59 Å². The van der Waals surface area contributed by atoms with E-state index in [2.05, 4.69) is 19.2 Å². The van der Waals surface area contributed by atoms with Crippen LogP contribution in [0.25, 0.3) is 0 Å². The molecule has 6 nitrogen and oxygen atoms in total. The summed E-state index contributed by atoms with van der Waals surface area (Å²) >= 11 is 0. The molecular formula is C14H24N2O4. The summed E-state index contributed by atoms with van der Waals surface area (Å²) in [4.78, 5) is 24.7. The molecular weight excluding hydrogens is 260 g/mol. The van der Waals surface area contributed by atoms with Crippen molar-refractivity contribution >= 4 is 12.0 Å². The van der Waals surface area contributed by atoms with Crippen molar-refractivity contribution in [3.05, 3.63) is 0 Å². The maximum Gasteiger partial charge on any atom is 0.334 e. The molecule has 2 rings (SSSR count).